The third-order valence-corrected chi connectivity index (χ3v) is 5.75. The van der Waals surface area contributed by atoms with Crippen molar-refractivity contribution < 1.29 is 23.9 Å². The first-order valence-corrected chi connectivity index (χ1v) is 10.1. The molecule has 2 aliphatic heterocycles. The van der Waals surface area contributed by atoms with E-state index in [2.05, 4.69) is 10.6 Å². The lowest BCUT2D eigenvalue weighted by Gasteiger charge is -2.40. The average molecular weight is 408 g/mol. The summed E-state index contributed by atoms with van der Waals surface area (Å²) in [6.45, 7) is 1.09. The molecular formula is C18H24N4O5S. The lowest BCUT2D eigenvalue weighted by molar-refractivity contribution is -0.146. The SMILES string of the molecule is COCC(=O)N1CCN(C(=O)c2cccs2)CC1C(=O)NC1CCCNC1=O. The number of nitrogens with zero attached hydrogens (tertiary/aromatic N) is 2. The van der Waals surface area contributed by atoms with E-state index in [0.29, 0.717) is 24.4 Å². The van der Waals surface area contributed by atoms with Crippen LogP contribution >= 0.6 is 11.3 Å². The van der Waals surface area contributed by atoms with Gasteiger partial charge in [-0.2, -0.15) is 0 Å². The number of amides is 4. The van der Waals surface area contributed by atoms with Crippen molar-refractivity contribution in [1.82, 2.24) is 20.4 Å². The molecule has 3 heterocycles. The van der Waals surface area contributed by atoms with Gasteiger partial charge in [-0.3, -0.25) is 19.2 Å². The van der Waals surface area contributed by atoms with Gasteiger partial charge < -0.3 is 25.2 Å². The molecule has 1 aromatic rings. The van der Waals surface area contributed by atoms with Gasteiger partial charge in [-0.25, -0.2) is 0 Å². The van der Waals surface area contributed by atoms with Crippen LogP contribution in [0.2, 0.25) is 0 Å². The molecule has 0 spiro atoms. The number of methoxy groups -OCH3 is 1. The molecule has 2 fully saturated rings. The summed E-state index contributed by atoms with van der Waals surface area (Å²) in [5, 5.41) is 7.28. The van der Waals surface area contributed by atoms with E-state index in [-0.39, 0.29) is 37.4 Å². The molecule has 0 saturated carbocycles. The Labute approximate surface area is 167 Å². The van der Waals surface area contributed by atoms with Gasteiger partial charge in [0.25, 0.3) is 5.91 Å². The molecule has 3 rings (SSSR count). The summed E-state index contributed by atoms with van der Waals surface area (Å²) in [6, 6.07) is 2.04. The number of hydrogen-bond acceptors (Lipinski definition) is 6. The van der Waals surface area contributed by atoms with Gasteiger partial charge in [-0.1, -0.05) is 6.07 Å². The molecule has 152 valence electrons. The van der Waals surface area contributed by atoms with Crippen molar-refractivity contribution >= 4 is 35.0 Å². The summed E-state index contributed by atoms with van der Waals surface area (Å²) >= 11 is 1.33. The summed E-state index contributed by atoms with van der Waals surface area (Å²) in [7, 11) is 1.41. The van der Waals surface area contributed by atoms with E-state index < -0.39 is 18.0 Å². The second-order valence-electron chi connectivity index (χ2n) is 6.76. The molecule has 2 unspecified atom stereocenters. The van der Waals surface area contributed by atoms with Crippen LogP contribution in [0.1, 0.15) is 22.5 Å². The van der Waals surface area contributed by atoms with Crippen LogP contribution < -0.4 is 10.6 Å². The van der Waals surface area contributed by atoms with E-state index in [4.69, 9.17) is 4.74 Å². The molecule has 0 bridgehead atoms. The molecule has 0 aromatic carbocycles. The minimum absolute atomic E-state index is 0.0758. The van der Waals surface area contributed by atoms with Crippen molar-refractivity contribution in [2.24, 2.45) is 0 Å². The maximum absolute atomic E-state index is 12.9. The first-order valence-electron chi connectivity index (χ1n) is 9.20. The Morgan fingerprint density at radius 1 is 1.36 bits per heavy atom. The molecule has 2 atom stereocenters. The van der Waals surface area contributed by atoms with Crippen molar-refractivity contribution in [1.29, 1.82) is 0 Å². The number of piperidine rings is 1. The van der Waals surface area contributed by atoms with Crippen LogP contribution in [-0.2, 0) is 19.1 Å². The lowest BCUT2D eigenvalue weighted by Crippen LogP contribution is -2.64. The van der Waals surface area contributed by atoms with Gasteiger partial charge in [0, 0.05) is 26.7 Å². The molecule has 1 aromatic heterocycles. The number of thiophene rings is 1. The first kappa shape index (κ1) is 20.3. The van der Waals surface area contributed by atoms with Gasteiger partial charge in [-0.05, 0) is 24.3 Å². The van der Waals surface area contributed by atoms with Crippen LogP contribution in [0.3, 0.4) is 0 Å². The Bertz CT molecular complexity index is 738. The fourth-order valence-electron chi connectivity index (χ4n) is 3.43. The molecular weight excluding hydrogens is 384 g/mol. The van der Waals surface area contributed by atoms with Gasteiger partial charge in [0.2, 0.25) is 17.7 Å². The van der Waals surface area contributed by atoms with E-state index >= 15 is 0 Å². The highest BCUT2D eigenvalue weighted by Crippen LogP contribution is 2.18. The summed E-state index contributed by atoms with van der Waals surface area (Å²) in [6.07, 6.45) is 1.32. The predicted octanol–water partition coefficient (Wildman–Crippen LogP) is -0.558. The Hall–Kier alpha value is -2.46. The fourth-order valence-corrected chi connectivity index (χ4v) is 4.12. The number of ether oxygens (including phenoxy) is 1. The number of carbonyl (C=O) groups excluding carboxylic acids is 4. The molecule has 0 aliphatic carbocycles. The van der Waals surface area contributed by atoms with Gasteiger partial charge in [0.05, 0.1) is 11.4 Å². The highest BCUT2D eigenvalue weighted by Gasteiger charge is 2.38. The normalized spacial score (nSPS) is 22.5. The number of carbonyl (C=O) groups is 4. The molecule has 10 heteroatoms. The third kappa shape index (κ3) is 4.50. The Balaban J connectivity index is 1.74. The van der Waals surface area contributed by atoms with Crippen LogP contribution in [-0.4, -0.2) is 85.4 Å². The fraction of sp³-hybridized carbons (Fsp3) is 0.556. The van der Waals surface area contributed by atoms with Crippen LogP contribution in [0, 0.1) is 0 Å². The Kier molecular flexibility index (Phi) is 6.63. The number of rotatable bonds is 5. The predicted molar refractivity (Wildman–Crippen MR) is 102 cm³/mol. The van der Waals surface area contributed by atoms with Gasteiger partial charge in [-0.15, -0.1) is 11.3 Å². The molecule has 4 amide bonds. The van der Waals surface area contributed by atoms with Gasteiger partial charge in [0.1, 0.15) is 18.7 Å². The lowest BCUT2D eigenvalue weighted by atomic mass is 10.0. The monoisotopic (exact) mass is 408 g/mol. The maximum Gasteiger partial charge on any atom is 0.264 e. The molecule has 2 aliphatic rings. The minimum atomic E-state index is -0.866. The summed E-state index contributed by atoms with van der Waals surface area (Å²) < 4.78 is 4.92. The number of nitrogens with one attached hydrogen (secondary N) is 2. The van der Waals surface area contributed by atoms with E-state index in [0.717, 1.165) is 6.42 Å². The summed E-state index contributed by atoms with van der Waals surface area (Å²) in [5.41, 5.74) is 0. The van der Waals surface area contributed by atoms with Gasteiger partial charge >= 0.3 is 0 Å². The van der Waals surface area contributed by atoms with Crippen molar-refractivity contribution in [2.45, 2.75) is 24.9 Å². The van der Waals surface area contributed by atoms with Crippen molar-refractivity contribution in [3.8, 4) is 0 Å². The highest BCUT2D eigenvalue weighted by molar-refractivity contribution is 7.12. The zero-order chi connectivity index (χ0) is 20.1. The smallest absolute Gasteiger partial charge is 0.264 e. The molecule has 2 saturated heterocycles. The summed E-state index contributed by atoms with van der Waals surface area (Å²) in [5.74, 6) is -1.15. The van der Waals surface area contributed by atoms with Crippen LogP contribution in [0.5, 0.6) is 0 Å². The zero-order valence-corrected chi connectivity index (χ0v) is 16.5. The van der Waals surface area contributed by atoms with E-state index in [1.54, 1.807) is 17.0 Å². The second kappa shape index (κ2) is 9.16. The Morgan fingerprint density at radius 2 is 2.18 bits per heavy atom. The third-order valence-electron chi connectivity index (χ3n) is 4.89. The topological polar surface area (TPSA) is 108 Å². The van der Waals surface area contributed by atoms with E-state index in [1.165, 1.54) is 23.3 Å². The molecule has 9 nitrogen and oxygen atoms in total. The first-order chi connectivity index (χ1) is 13.5. The maximum atomic E-state index is 12.9. The van der Waals surface area contributed by atoms with E-state index in [1.807, 2.05) is 5.38 Å². The summed E-state index contributed by atoms with van der Waals surface area (Å²) in [4.78, 5) is 53.6. The second-order valence-corrected chi connectivity index (χ2v) is 7.71. The van der Waals surface area contributed by atoms with Crippen molar-refractivity contribution in [2.75, 3.05) is 39.9 Å². The minimum Gasteiger partial charge on any atom is -0.375 e. The van der Waals surface area contributed by atoms with Crippen LogP contribution in [0.15, 0.2) is 17.5 Å². The highest BCUT2D eigenvalue weighted by atomic mass is 32.1. The quantitative estimate of drug-likeness (QED) is 0.679. The van der Waals surface area contributed by atoms with Gasteiger partial charge in [0.15, 0.2) is 0 Å². The Morgan fingerprint density at radius 3 is 2.86 bits per heavy atom. The number of piperazine rings is 1. The molecule has 0 radical (unpaired) electrons. The van der Waals surface area contributed by atoms with Crippen molar-refractivity contribution in [3.05, 3.63) is 22.4 Å². The number of hydrogen-bond donors (Lipinski definition) is 2. The zero-order valence-electron chi connectivity index (χ0n) is 15.7. The van der Waals surface area contributed by atoms with Crippen molar-refractivity contribution in [3.63, 3.8) is 0 Å². The largest absolute Gasteiger partial charge is 0.375 e. The van der Waals surface area contributed by atoms with Crippen LogP contribution in [0.25, 0.3) is 0 Å². The standard InChI is InChI=1S/C18H24N4O5S/c1-27-11-15(23)22-8-7-21(18(26)14-5-3-9-28-14)10-13(22)17(25)20-12-4-2-6-19-16(12)24/h3,5,9,12-13H,2,4,6-8,10-11H2,1H3,(H,19,24)(H,20,25). The van der Waals surface area contributed by atoms with E-state index in [9.17, 15) is 19.2 Å². The average Bonchev–Trinajstić information content (AvgIpc) is 3.23. The molecule has 28 heavy (non-hydrogen) atoms. The molecule has 2 N–H and O–H groups in total. The van der Waals surface area contributed by atoms with Crippen LogP contribution in [0.4, 0.5) is 0 Å².